The molecule has 5 nitrogen and oxygen atoms in total. The number of amides is 1. The maximum Gasteiger partial charge on any atom is 0.251 e. The fourth-order valence-electron chi connectivity index (χ4n) is 2.70. The summed E-state index contributed by atoms with van der Waals surface area (Å²) in [5, 5.41) is 0. The molecule has 2 aromatic carbocycles. The van der Waals surface area contributed by atoms with Crippen molar-refractivity contribution in [1.82, 2.24) is 0 Å². The number of hydrogen-bond acceptors (Lipinski definition) is 5. The number of carbonyl (C=O) groups excluding carboxylic acids is 1. The Hall–Kier alpha value is -3.04. The molecule has 0 bridgehead atoms. The van der Waals surface area contributed by atoms with Gasteiger partial charge in [0.15, 0.2) is 11.5 Å². The van der Waals surface area contributed by atoms with E-state index in [2.05, 4.69) is 5.92 Å². The van der Waals surface area contributed by atoms with E-state index in [1.54, 1.807) is 48.1 Å². The van der Waals surface area contributed by atoms with Gasteiger partial charge in [-0.25, -0.2) is 0 Å². The van der Waals surface area contributed by atoms with Crippen LogP contribution in [0.15, 0.2) is 48.5 Å². The Morgan fingerprint density at radius 1 is 1.32 bits per heavy atom. The van der Waals surface area contributed by atoms with Gasteiger partial charge < -0.3 is 14.2 Å². The van der Waals surface area contributed by atoms with Crippen LogP contribution in [-0.4, -0.2) is 37.9 Å². The maximum atomic E-state index is 12.9. The Morgan fingerprint density at radius 2 is 2.18 bits per heavy atom. The van der Waals surface area contributed by atoms with Gasteiger partial charge in [-0.3, -0.25) is 9.69 Å². The van der Waals surface area contributed by atoms with Crippen molar-refractivity contribution in [2.24, 2.45) is 0 Å². The van der Waals surface area contributed by atoms with Gasteiger partial charge in [-0.05, 0) is 35.9 Å². The van der Waals surface area contributed by atoms with Crippen molar-refractivity contribution in [2.75, 3.05) is 36.9 Å². The quantitative estimate of drug-likeness (QED) is 0.569. The predicted octanol–water partition coefficient (Wildman–Crippen LogP) is 3.84. The highest BCUT2D eigenvalue weighted by atomic mass is 32.2. The highest BCUT2D eigenvalue weighted by Crippen LogP contribution is 2.32. The molecule has 6 heteroatoms. The van der Waals surface area contributed by atoms with Crippen LogP contribution in [0.5, 0.6) is 17.2 Å². The molecular formula is C22H21NO4S. The van der Waals surface area contributed by atoms with E-state index in [0.29, 0.717) is 24.0 Å². The summed E-state index contributed by atoms with van der Waals surface area (Å²) in [5.74, 6) is 5.56. The van der Waals surface area contributed by atoms with Crippen LogP contribution < -0.4 is 19.1 Å². The van der Waals surface area contributed by atoms with Crippen LogP contribution in [0, 0.1) is 12.3 Å². The van der Waals surface area contributed by atoms with Gasteiger partial charge in [0, 0.05) is 11.8 Å². The maximum absolute atomic E-state index is 12.9. The van der Waals surface area contributed by atoms with Crippen molar-refractivity contribution < 1.29 is 19.0 Å². The lowest BCUT2D eigenvalue weighted by Gasteiger charge is -2.26. The van der Waals surface area contributed by atoms with Crippen molar-refractivity contribution in [3.63, 3.8) is 0 Å². The average molecular weight is 395 g/mol. The number of fused-ring (bicyclic) bond motifs is 1. The molecule has 1 amide bonds. The largest absolute Gasteiger partial charge is 0.493 e. The van der Waals surface area contributed by atoms with Crippen LogP contribution in [0.4, 0.5) is 5.69 Å². The molecule has 1 heterocycles. The summed E-state index contributed by atoms with van der Waals surface area (Å²) in [6.07, 6.45) is 8.53. The van der Waals surface area contributed by atoms with E-state index in [0.717, 1.165) is 22.8 Å². The molecule has 0 saturated heterocycles. The first kappa shape index (κ1) is 19.7. The predicted molar refractivity (Wildman–Crippen MR) is 113 cm³/mol. The first-order valence-corrected chi connectivity index (χ1v) is 9.92. The topological polar surface area (TPSA) is 48.0 Å². The standard InChI is InChI=1S/C22H21NO4S/c1-3-12-26-20-10-8-17(15-21(20)25-2)9-11-22(24)23-16-28-14-13-27-19-7-5-4-6-18(19)23/h1,4-11,15H,12-14,16H2,2H3/b11-9+. The van der Waals surface area contributed by atoms with Gasteiger partial charge in [0.25, 0.3) is 5.91 Å². The van der Waals surface area contributed by atoms with Gasteiger partial charge in [-0.15, -0.1) is 18.2 Å². The molecule has 0 N–H and O–H groups in total. The number of para-hydroxylation sites is 2. The van der Waals surface area contributed by atoms with Crippen molar-refractivity contribution in [1.29, 1.82) is 0 Å². The third kappa shape index (κ3) is 4.81. The number of nitrogens with zero attached hydrogens (tertiary/aromatic N) is 1. The number of hydrogen-bond donors (Lipinski definition) is 0. The highest BCUT2D eigenvalue weighted by Gasteiger charge is 2.19. The summed E-state index contributed by atoms with van der Waals surface area (Å²) in [6, 6.07) is 13.0. The van der Waals surface area contributed by atoms with Gasteiger partial charge >= 0.3 is 0 Å². The minimum atomic E-state index is -0.114. The van der Waals surface area contributed by atoms with E-state index in [9.17, 15) is 4.79 Å². The first-order valence-electron chi connectivity index (χ1n) is 8.76. The van der Waals surface area contributed by atoms with E-state index >= 15 is 0 Å². The summed E-state index contributed by atoms with van der Waals surface area (Å²) in [6.45, 7) is 0.797. The van der Waals surface area contributed by atoms with Gasteiger partial charge in [0.05, 0.1) is 25.3 Å². The summed E-state index contributed by atoms with van der Waals surface area (Å²) in [5.41, 5.74) is 1.60. The second-order valence-electron chi connectivity index (χ2n) is 5.86. The number of rotatable bonds is 5. The Balaban J connectivity index is 1.79. The normalized spacial score (nSPS) is 13.6. The lowest BCUT2D eigenvalue weighted by molar-refractivity contribution is -0.113. The van der Waals surface area contributed by atoms with E-state index in [1.807, 2.05) is 30.3 Å². The number of terminal acetylenes is 1. The van der Waals surface area contributed by atoms with E-state index in [4.69, 9.17) is 20.6 Å². The van der Waals surface area contributed by atoms with Crippen molar-refractivity contribution >= 4 is 29.4 Å². The lowest BCUT2D eigenvalue weighted by atomic mass is 10.2. The summed E-state index contributed by atoms with van der Waals surface area (Å²) in [4.78, 5) is 14.6. The molecule has 144 valence electrons. The van der Waals surface area contributed by atoms with E-state index in [1.165, 1.54) is 0 Å². The SMILES string of the molecule is C#CCOc1ccc(/C=C/C(=O)N2CSCCOc3ccccc32)cc1OC. The van der Waals surface area contributed by atoms with Crippen LogP contribution >= 0.6 is 11.8 Å². The minimum Gasteiger partial charge on any atom is -0.493 e. The number of ether oxygens (including phenoxy) is 3. The Kier molecular flexibility index (Phi) is 6.88. The third-order valence-corrected chi connectivity index (χ3v) is 4.94. The zero-order valence-corrected chi connectivity index (χ0v) is 16.4. The first-order chi connectivity index (χ1) is 13.7. The molecule has 0 aliphatic carbocycles. The van der Waals surface area contributed by atoms with Gasteiger partial charge in [-0.1, -0.05) is 24.1 Å². The third-order valence-electron chi connectivity index (χ3n) is 4.04. The molecular weight excluding hydrogens is 374 g/mol. The molecule has 1 aliphatic rings. The zero-order valence-electron chi connectivity index (χ0n) is 15.6. The molecule has 3 rings (SSSR count). The Labute approximate surface area is 169 Å². The molecule has 2 aromatic rings. The molecule has 1 aliphatic heterocycles. The number of methoxy groups -OCH3 is 1. The molecule has 0 saturated carbocycles. The summed E-state index contributed by atoms with van der Waals surface area (Å²) >= 11 is 1.66. The number of benzene rings is 2. The smallest absolute Gasteiger partial charge is 0.251 e. The molecule has 0 spiro atoms. The van der Waals surface area contributed by atoms with Gasteiger partial charge in [0.2, 0.25) is 0 Å². The van der Waals surface area contributed by atoms with Crippen molar-refractivity contribution in [2.45, 2.75) is 0 Å². The van der Waals surface area contributed by atoms with Crippen LogP contribution in [0.3, 0.4) is 0 Å². The van der Waals surface area contributed by atoms with Gasteiger partial charge in [-0.2, -0.15) is 0 Å². The molecule has 0 radical (unpaired) electrons. The van der Waals surface area contributed by atoms with Crippen LogP contribution in [0.2, 0.25) is 0 Å². The van der Waals surface area contributed by atoms with Crippen molar-refractivity contribution in [3.8, 4) is 29.6 Å². The van der Waals surface area contributed by atoms with Crippen LogP contribution in [0.1, 0.15) is 5.56 Å². The van der Waals surface area contributed by atoms with E-state index < -0.39 is 0 Å². The second-order valence-corrected chi connectivity index (χ2v) is 6.93. The number of thioether (sulfide) groups is 1. The average Bonchev–Trinajstić information content (AvgIpc) is 2.71. The molecule has 0 fully saturated rings. The fourth-order valence-corrected chi connectivity index (χ4v) is 3.48. The number of carbonyl (C=O) groups is 1. The fraction of sp³-hybridized carbons (Fsp3) is 0.227. The van der Waals surface area contributed by atoms with Crippen LogP contribution in [-0.2, 0) is 4.79 Å². The summed E-state index contributed by atoms with van der Waals surface area (Å²) in [7, 11) is 1.56. The molecule has 0 unspecified atom stereocenters. The lowest BCUT2D eigenvalue weighted by Crippen LogP contribution is -2.31. The molecule has 0 aromatic heterocycles. The van der Waals surface area contributed by atoms with Crippen LogP contribution in [0.25, 0.3) is 6.08 Å². The van der Waals surface area contributed by atoms with Gasteiger partial charge in [0.1, 0.15) is 12.4 Å². The Morgan fingerprint density at radius 3 is 3.00 bits per heavy atom. The number of anilines is 1. The second kappa shape index (κ2) is 9.77. The Bertz CT molecular complexity index is 904. The van der Waals surface area contributed by atoms with Crippen molar-refractivity contribution in [3.05, 3.63) is 54.1 Å². The molecule has 0 atom stereocenters. The minimum absolute atomic E-state index is 0.114. The van der Waals surface area contributed by atoms with E-state index in [-0.39, 0.29) is 12.5 Å². The highest BCUT2D eigenvalue weighted by molar-refractivity contribution is 7.99. The zero-order chi connectivity index (χ0) is 19.8. The molecule has 28 heavy (non-hydrogen) atoms. The monoisotopic (exact) mass is 395 g/mol. The summed E-state index contributed by atoms with van der Waals surface area (Å²) < 4.78 is 16.5.